The largest absolute Gasteiger partial charge is 0.319 e. The van der Waals surface area contributed by atoms with Gasteiger partial charge in [0.2, 0.25) is 15.9 Å². The number of rotatable bonds is 6. The highest BCUT2D eigenvalue weighted by Gasteiger charge is 2.52. The number of hydrogen-bond donors (Lipinski definition) is 1. The van der Waals surface area contributed by atoms with Crippen LogP contribution >= 0.6 is 0 Å². The van der Waals surface area contributed by atoms with Crippen LogP contribution in [0.5, 0.6) is 0 Å². The SMILES string of the molecule is O=C1C(Cc2ccccc2)NC2(CCN(S(=O)(=O)c3ccccc3F)CC2)N1Cc1ccccc1. The van der Waals surface area contributed by atoms with E-state index < -0.39 is 27.5 Å². The number of nitrogens with zero attached hydrogens (tertiary/aromatic N) is 2. The van der Waals surface area contributed by atoms with Gasteiger partial charge in [-0.05, 0) is 42.5 Å². The average Bonchev–Trinajstić information content (AvgIpc) is 3.11. The molecule has 35 heavy (non-hydrogen) atoms. The van der Waals surface area contributed by atoms with Crippen molar-refractivity contribution in [3.63, 3.8) is 0 Å². The maximum Gasteiger partial charge on any atom is 0.245 e. The third-order valence-corrected chi connectivity index (χ3v) is 8.93. The van der Waals surface area contributed by atoms with Gasteiger partial charge in [-0.3, -0.25) is 10.1 Å². The second kappa shape index (κ2) is 9.53. The molecule has 5 rings (SSSR count). The molecule has 2 aliphatic heterocycles. The number of halogens is 1. The lowest BCUT2D eigenvalue weighted by Gasteiger charge is -2.44. The molecule has 0 aliphatic carbocycles. The van der Waals surface area contributed by atoms with Gasteiger partial charge in [-0.2, -0.15) is 4.31 Å². The van der Waals surface area contributed by atoms with Gasteiger partial charge in [-0.25, -0.2) is 12.8 Å². The van der Waals surface area contributed by atoms with Gasteiger partial charge in [0, 0.05) is 19.6 Å². The quantitative estimate of drug-likeness (QED) is 0.570. The van der Waals surface area contributed by atoms with Crippen LogP contribution in [-0.2, 0) is 27.8 Å². The lowest BCUT2D eigenvalue weighted by atomic mass is 9.96. The molecule has 1 amide bonds. The van der Waals surface area contributed by atoms with Gasteiger partial charge in [0.25, 0.3) is 0 Å². The van der Waals surface area contributed by atoms with E-state index in [1.807, 2.05) is 65.6 Å². The Balaban J connectivity index is 1.40. The molecule has 2 heterocycles. The van der Waals surface area contributed by atoms with Gasteiger partial charge < -0.3 is 4.90 Å². The van der Waals surface area contributed by atoms with Crippen molar-refractivity contribution in [2.24, 2.45) is 0 Å². The normalized spacial score (nSPS) is 20.4. The number of amides is 1. The summed E-state index contributed by atoms with van der Waals surface area (Å²) in [5.74, 6) is -0.737. The molecule has 2 aliphatic rings. The second-order valence-electron chi connectivity index (χ2n) is 9.16. The van der Waals surface area contributed by atoms with E-state index in [-0.39, 0.29) is 23.9 Å². The summed E-state index contributed by atoms with van der Waals surface area (Å²) < 4.78 is 41.9. The van der Waals surface area contributed by atoms with Gasteiger partial charge in [0.1, 0.15) is 10.7 Å². The van der Waals surface area contributed by atoms with Crippen LogP contribution in [0.3, 0.4) is 0 Å². The van der Waals surface area contributed by atoms with Crippen molar-refractivity contribution in [3.05, 3.63) is 102 Å². The number of nitrogens with one attached hydrogen (secondary N) is 1. The van der Waals surface area contributed by atoms with Crippen molar-refractivity contribution in [2.75, 3.05) is 13.1 Å². The summed E-state index contributed by atoms with van der Waals surface area (Å²) in [6.07, 6.45) is 1.40. The van der Waals surface area contributed by atoms with E-state index in [1.165, 1.54) is 22.5 Å². The number of piperidine rings is 1. The fraction of sp³-hybridized carbons (Fsp3) is 0.296. The van der Waals surface area contributed by atoms with E-state index in [0.29, 0.717) is 25.8 Å². The molecule has 1 spiro atoms. The minimum absolute atomic E-state index is 0.0168. The van der Waals surface area contributed by atoms with E-state index in [2.05, 4.69) is 5.32 Å². The van der Waals surface area contributed by atoms with Crippen molar-refractivity contribution in [1.29, 1.82) is 0 Å². The maximum absolute atomic E-state index is 14.3. The first-order chi connectivity index (χ1) is 16.9. The maximum atomic E-state index is 14.3. The van der Waals surface area contributed by atoms with Crippen LogP contribution in [0.4, 0.5) is 4.39 Å². The van der Waals surface area contributed by atoms with Crippen molar-refractivity contribution >= 4 is 15.9 Å². The first kappa shape index (κ1) is 23.7. The summed E-state index contributed by atoms with van der Waals surface area (Å²) in [6, 6.07) is 24.7. The summed E-state index contributed by atoms with van der Waals surface area (Å²) in [5, 5.41) is 3.58. The lowest BCUT2D eigenvalue weighted by Crippen LogP contribution is -2.59. The molecule has 1 N–H and O–H groups in total. The fourth-order valence-corrected chi connectivity index (χ4v) is 6.66. The van der Waals surface area contributed by atoms with Crippen LogP contribution in [-0.4, -0.2) is 48.3 Å². The molecule has 3 aromatic rings. The minimum atomic E-state index is -3.96. The van der Waals surface area contributed by atoms with Crippen LogP contribution < -0.4 is 5.32 Å². The molecule has 2 fully saturated rings. The van der Waals surface area contributed by atoms with Crippen molar-refractivity contribution in [2.45, 2.75) is 42.4 Å². The van der Waals surface area contributed by atoms with Crippen LogP contribution in [0.1, 0.15) is 24.0 Å². The zero-order valence-electron chi connectivity index (χ0n) is 19.3. The van der Waals surface area contributed by atoms with E-state index in [4.69, 9.17) is 0 Å². The second-order valence-corrected chi connectivity index (χ2v) is 11.1. The molecule has 0 aromatic heterocycles. The number of benzene rings is 3. The van der Waals surface area contributed by atoms with Gasteiger partial charge in [-0.1, -0.05) is 72.8 Å². The van der Waals surface area contributed by atoms with Crippen LogP contribution in [0.2, 0.25) is 0 Å². The molecule has 2 saturated heterocycles. The Morgan fingerprint density at radius 1 is 0.857 bits per heavy atom. The van der Waals surface area contributed by atoms with Gasteiger partial charge >= 0.3 is 0 Å². The lowest BCUT2D eigenvalue weighted by molar-refractivity contribution is -0.134. The van der Waals surface area contributed by atoms with Gasteiger partial charge in [-0.15, -0.1) is 0 Å². The fourth-order valence-electron chi connectivity index (χ4n) is 5.15. The Morgan fingerprint density at radius 2 is 1.43 bits per heavy atom. The van der Waals surface area contributed by atoms with Crippen LogP contribution in [0.25, 0.3) is 0 Å². The summed E-state index contributed by atoms with van der Waals surface area (Å²) >= 11 is 0. The first-order valence-electron chi connectivity index (χ1n) is 11.8. The first-order valence-corrected chi connectivity index (χ1v) is 13.2. The molecule has 182 valence electrons. The standard InChI is InChI=1S/C27H28FN3O3S/c28-23-13-7-8-14-25(23)35(33,34)30-17-15-27(16-18-30)29-24(19-21-9-3-1-4-10-21)26(32)31(27)20-22-11-5-2-6-12-22/h1-14,24,29H,15-20H2. The summed E-state index contributed by atoms with van der Waals surface area (Å²) in [6.45, 7) is 0.832. The molecule has 0 radical (unpaired) electrons. The molecule has 0 bridgehead atoms. The van der Waals surface area contributed by atoms with Crippen molar-refractivity contribution in [3.8, 4) is 0 Å². The molecular weight excluding hydrogens is 465 g/mol. The zero-order valence-corrected chi connectivity index (χ0v) is 20.1. The smallest absolute Gasteiger partial charge is 0.245 e. The van der Waals surface area contributed by atoms with Gasteiger partial charge in [0.05, 0.1) is 11.7 Å². The number of hydrogen-bond acceptors (Lipinski definition) is 4. The monoisotopic (exact) mass is 493 g/mol. The van der Waals surface area contributed by atoms with Crippen molar-refractivity contribution in [1.82, 2.24) is 14.5 Å². The predicted molar refractivity (Wildman–Crippen MR) is 131 cm³/mol. The summed E-state index contributed by atoms with van der Waals surface area (Å²) in [4.78, 5) is 15.2. The Morgan fingerprint density at radius 3 is 2.06 bits per heavy atom. The Bertz CT molecular complexity index is 1290. The van der Waals surface area contributed by atoms with Crippen LogP contribution in [0.15, 0.2) is 89.8 Å². The van der Waals surface area contributed by atoms with Crippen LogP contribution in [0, 0.1) is 5.82 Å². The number of carbonyl (C=O) groups excluding carboxylic acids is 1. The third kappa shape index (κ3) is 4.61. The van der Waals surface area contributed by atoms with E-state index in [1.54, 1.807) is 0 Å². The topological polar surface area (TPSA) is 69.7 Å². The summed E-state index contributed by atoms with van der Waals surface area (Å²) in [7, 11) is -3.96. The van der Waals surface area contributed by atoms with Crippen molar-refractivity contribution < 1.29 is 17.6 Å². The number of sulfonamides is 1. The highest BCUT2D eigenvalue weighted by atomic mass is 32.2. The van der Waals surface area contributed by atoms with Gasteiger partial charge in [0.15, 0.2) is 0 Å². The third-order valence-electron chi connectivity index (χ3n) is 6.99. The Hall–Kier alpha value is -3.07. The Kier molecular flexibility index (Phi) is 6.44. The predicted octanol–water partition coefficient (Wildman–Crippen LogP) is 3.55. The molecule has 1 unspecified atom stereocenters. The minimum Gasteiger partial charge on any atom is -0.319 e. The number of carbonyl (C=O) groups is 1. The van der Waals surface area contributed by atoms with E-state index in [9.17, 15) is 17.6 Å². The van der Waals surface area contributed by atoms with E-state index in [0.717, 1.165) is 17.2 Å². The highest BCUT2D eigenvalue weighted by Crippen LogP contribution is 2.36. The average molecular weight is 494 g/mol. The molecular formula is C27H28FN3O3S. The molecule has 0 saturated carbocycles. The summed E-state index contributed by atoms with van der Waals surface area (Å²) in [5.41, 5.74) is 1.42. The van der Waals surface area contributed by atoms with E-state index >= 15 is 0 Å². The molecule has 3 aromatic carbocycles. The highest BCUT2D eigenvalue weighted by molar-refractivity contribution is 7.89. The molecule has 1 atom stereocenters. The molecule has 6 nitrogen and oxygen atoms in total. The Labute approximate surface area is 205 Å². The molecule has 8 heteroatoms. The zero-order chi connectivity index (χ0) is 24.5.